The predicted molar refractivity (Wildman–Crippen MR) is 169 cm³/mol. The highest BCUT2D eigenvalue weighted by Gasteiger charge is 2.83. The van der Waals surface area contributed by atoms with Crippen LogP contribution < -0.4 is 0 Å². The van der Waals surface area contributed by atoms with Crippen LogP contribution in [0.25, 0.3) is 10.9 Å². The Bertz CT molecular complexity index is 1640. The molecular formula is C35H37NO2P2. The van der Waals surface area contributed by atoms with Gasteiger partial charge in [-0.1, -0.05) is 128 Å². The third-order valence-corrected chi connectivity index (χ3v) is 20.0. The smallest absolute Gasteiger partial charge is 0.227 e. The Balaban J connectivity index is 1.86. The van der Waals surface area contributed by atoms with E-state index in [2.05, 4.69) is 93.0 Å². The molecule has 4 unspecified atom stereocenters. The van der Waals surface area contributed by atoms with Crippen molar-refractivity contribution in [2.45, 2.75) is 50.9 Å². The minimum atomic E-state index is -3.63. The van der Waals surface area contributed by atoms with Gasteiger partial charge in [-0.2, -0.15) is 0 Å². The Morgan fingerprint density at radius 2 is 1.18 bits per heavy atom. The molecule has 204 valence electrons. The molecule has 6 rings (SSSR count). The Morgan fingerprint density at radius 3 is 1.68 bits per heavy atom. The van der Waals surface area contributed by atoms with E-state index in [0.29, 0.717) is 12.6 Å². The summed E-state index contributed by atoms with van der Waals surface area (Å²) in [6, 6.07) is 40.9. The second-order valence-electron chi connectivity index (χ2n) is 11.9. The quantitative estimate of drug-likeness (QED) is 0.218. The molecule has 0 N–H and O–H groups in total. The lowest BCUT2D eigenvalue weighted by Gasteiger charge is -2.66. The minimum Gasteiger partial charge on any atom is -0.309 e. The highest BCUT2D eigenvalue weighted by atomic mass is 32.1. The van der Waals surface area contributed by atoms with E-state index in [4.69, 9.17) is 0 Å². The monoisotopic (exact) mass is 565 g/mol. The molecular weight excluding hydrogens is 528 g/mol. The molecule has 4 aromatic rings. The topological polar surface area (TPSA) is 37.4 Å². The Hall–Kier alpha value is -2.96. The van der Waals surface area contributed by atoms with E-state index in [1.54, 1.807) is 0 Å². The summed E-state index contributed by atoms with van der Waals surface area (Å²) in [6.07, 6.45) is 1.10. The second kappa shape index (κ2) is 9.85. The molecule has 0 aliphatic carbocycles. The molecule has 1 fully saturated rings. The van der Waals surface area contributed by atoms with Crippen LogP contribution in [0.3, 0.4) is 0 Å². The van der Waals surface area contributed by atoms with E-state index in [1.165, 1.54) is 0 Å². The number of benzene rings is 4. The van der Waals surface area contributed by atoms with Gasteiger partial charge >= 0.3 is 0 Å². The fourth-order valence-corrected chi connectivity index (χ4v) is 21.3. The highest BCUT2D eigenvalue weighted by Crippen LogP contribution is 3.09. The minimum absolute atomic E-state index is 0.247. The van der Waals surface area contributed by atoms with E-state index < -0.39 is 24.5 Å². The third-order valence-electron chi connectivity index (χ3n) is 8.45. The van der Waals surface area contributed by atoms with Crippen LogP contribution in [-0.2, 0) is 14.3 Å². The molecule has 2 aliphatic heterocycles. The van der Waals surface area contributed by atoms with Gasteiger partial charge in [0, 0.05) is 17.0 Å². The van der Waals surface area contributed by atoms with Crippen molar-refractivity contribution in [3.63, 3.8) is 0 Å². The first kappa shape index (κ1) is 27.2. The summed E-state index contributed by atoms with van der Waals surface area (Å²) >= 11 is 0. The first-order chi connectivity index (χ1) is 19.2. The van der Waals surface area contributed by atoms with Crippen molar-refractivity contribution in [2.24, 2.45) is 0 Å². The van der Waals surface area contributed by atoms with Crippen LogP contribution in [0.2, 0.25) is 0 Å². The fourth-order valence-electron chi connectivity index (χ4n) is 7.22. The van der Waals surface area contributed by atoms with Gasteiger partial charge in [-0.25, -0.2) is 4.67 Å². The standard InChI is InChI=1S/C35H37NO2P2/c1-5-26-39(37)32(28-20-12-7-13-21-28)31(27-18-10-6-11-19-27)35(30-24-16-9-17-25-30)33(29-22-14-8-15-23-29)36(34(2,3)4)40(35,39)38/h6-25,33H,5,26H2,1-4H3. The van der Waals surface area contributed by atoms with Crippen LogP contribution in [0, 0.1) is 0 Å². The molecule has 4 atom stereocenters. The molecule has 0 aromatic heterocycles. The molecule has 0 saturated carbocycles. The van der Waals surface area contributed by atoms with Crippen molar-refractivity contribution >= 4 is 24.7 Å². The van der Waals surface area contributed by atoms with Crippen LogP contribution in [-0.4, -0.2) is 16.4 Å². The molecule has 0 spiro atoms. The zero-order valence-corrected chi connectivity index (χ0v) is 25.5. The van der Waals surface area contributed by atoms with Crippen LogP contribution in [0.5, 0.6) is 0 Å². The normalized spacial score (nSPS) is 28.2. The van der Waals surface area contributed by atoms with Gasteiger partial charge in [-0.15, -0.1) is 0 Å². The zero-order chi connectivity index (χ0) is 28.2. The molecule has 0 amide bonds. The van der Waals surface area contributed by atoms with Gasteiger partial charge in [0.05, 0.1) is 6.04 Å². The van der Waals surface area contributed by atoms with Crippen LogP contribution in [0.1, 0.15) is 62.4 Å². The number of rotatable bonds is 6. The average Bonchev–Trinajstić information content (AvgIpc) is 3.09. The van der Waals surface area contributed by atoms with Gasteiger partial charge in [0.2, 0.25) is 6.98 Å². The lowest BCUT2D eigenvalue weighted by Crippen LogP contribution is -2.60. The summed E-state index contributed by atoms with van der Waals surface area (Å²) in [5.74, 6) is 0. The maximum absolute atomic E-state index is 16.5. The summed E-state index contributed by atoms with van der Waals surface area (Å²) < 4.78 is 34.8. The van der Waals surface area contributed by atoms with E-state index in [1.807, 2.05) is 60.7 Å². The summed E-state index contributed by atoms with van der Waals surface area (Å²) in [5.41, 5.74) is 4.48. The molecule has 40 heavy (non-hydrogen) atoms. The number of hydrogen-bond acceptors (Lipinski definition) is 2. The molecule has 0 bridgehead atoms. The lowest BCUT2D eigenvalue weighted by molar-refractivity contribution is 0.118. The van der Waals surface area contributed by atoms with E-state index in [-0.39, 0.29) is 6.04 Å². The number of nitrogens with zero attached hydrogens (tertiary/aromatic N) is 1. The Morgan fingerprint density at radius 1 is 0.700 bits per heavy atom. The summed E-state index contributed by atoms with van der Waals surface area (Å²) in [5, 5.41) is -0.152. The van der Waals surface area contributed by atoms with Gasteiger partial charge in [-0.3, -0.25) is 4.57 Å². The molecule has 4 aromatic carbocycles. The Kier molecular flexibility index (Phi) is 6.70. The van der Waals surface area contributed by atoms with Gasteiger partial charge in [0.15, 0.2) is 6.83 Å². The van der Waals surface area contributed by atoms with Crippen molar-refractivity contribution < 1.29 is 9.13 Å². The third kappa shape index (κ3) is 3.54. The number of fused-ring (bicyclic) bond motifs is 1. The average molecular weight is 566 g/mol. The zero-order valence-electron chi connectivity index (χ0n) is 23.7. The van der Waals surface area contributed by atoms with Crippen LogP contribution in [0.4, 0.5) is 0 Å². The second-order valence-corrected chi connectivity index (χ2v) is 20.0. The summed E-state index contributed by atoms with van der Waals surface area (Å²) in [7, 11) is 0. The van der Waals surface area contributed by atoms with Crippen molar-refractivity contribution in [1.29, 1.82) is 0 Å². The van der Waals surface area contributed by atoms with Crippen LogP contribution >= 0.6 is 13.8 Å². The van der Waals surface area contributed by atoms with Crippen LogP contribution in [0.15, 0.2) is 121 Å². The molecule has 5 heteroatoms. The first-order valence-electron chi connectivity index (χ1n) is 14.2. The first-order valence-corrected chi connectivity index (χ1v) is 18.4. The van der Waals surface area contributed by atoms with Gasteiger partial charge in [-0.05, 0) is 55.0 Å². The molecule has 1 saturated heterocycles. The highest BCUT2D eigenvalue weighted by molar-refractivity contribution is 8.41. The molecule has 2 aliphatic rings. The van der Waals surface area contributed by atoms with E-state index in [0.717, 1.165) is 33.1 Å². The van der Waals surface area contributed by atoms with Gasteiger partial charge < -0.3 is 4.57 Å². The maximum Gasteiger partial charge on any atom is 0.227 e. The molecule has 3 nitrogen and oxygen atoms in total. The number of hydrogen-bond donors (Lipinski definition) is 0. The maximum atomic E-state index is 16.5. The predicted octanol–water partition coefficient (Wildman–Crippen LogP) is 10.3. The molecule has 2 heterocycles. The summed E-state index contributed by atoms with van der Waals surface area (Å²) in [4.78, 5) is 0. The summed E-state index contributed by atoms with van der Waals surface area (Å²) in [6.45, 7) is 1.33. The van der Waals surface area contributed by atoms with Crippen molar-refractivity contribution in [2.75, 3.05) is 6.16 Å². The lowest BCUT2D eigenvalue weighted by atomic mass is 9.75. The SMILES string of the molecule is CCCP1(=O)C(c2ccccc2)=C(c2ccccc2)C2(c3ccccc3)C(c3ccccc3)N(C(C)(C)C)P21=O. The molecule has 0 radical (unpaired) electrons. The fraction of sp³-hybridized carbons (Fsp3) is 0.257. The van der Waals surface area contributed by atoms with Gasteiger partial charge in [0.25, 0.3) is 0 Å². The van der Waals surface area contributed by atoms with E-state index >= 15 is 9.13 Å². The van der Waals surface area contributed by atoms with Crippen molar-refractivity contribution in [3.05, 3.63) is 144 Å². The Labute approximate surface area is 238 Å². The van der Waals surface area contributed by atoms with Gasteiger partial charge in [0.1, 0.15) is 5.16 Å². The van der Waals surface area contributed by atoms with Crippen molar-refractivity contribution in [1.82, 2.24) is 4.67 Å². The van der Waals surface area contributed by atoms with E-state index in [9.17, 15) is 0 Å². The van der Waals surface area contributed by atoms with Crippen molar-refractivity contribution in [3.8, 4) is 0 Å². The largest absolute Gasteiger partial charge is 0.309 e.